The fourth-order valence-electron chi connectivity index (χ4n) is 2.36. The van der Waals surface area contributed by atoms with Gasteiger partial charge in [-0.2, -0.15) is 0 Å². The van der Waals surface area contributed by atoms with Crippen LogP contribution in [0.3, 0.4) is 0 Å². The van der Waals surface area contributed by atoms with Gasteiger partial charge in [-0.25, -0.2) is 0 Å². The van der Waals surface area contributed by atoms with Gasteiger partial charge in [-0.1, -0.05) is 60.7 Å². The number of benzene rings is 2. The average Bonchev–Trinajstić information content (AvgIpc) is 2.74. The van der Waals surface area contributed by atoms with Crippen LogP contribution in [0.1, 0.15) is 23.1 Å². The van der Waals surface area contributed by atoms with E-state index in [1.54, 1.807) is 0 Å². The molecular formula is C16H14. The molecule has 16 heavy (non-hydrogen) atoms. The van der Waals surface area contributed by atoms with Crippen molar-refractivity contribution in [2.75, 3.05) is 0 Å². The van der Waals surface area contributed by atoms with E-state index in [4.69, 9.17) is 0 Å². The number of allylic oxidation sites excluding steroid dienone is 1. The van der Waals surface area contributed by atoms with Crippen molar-refractivity contribution in [3.05, 3.63) is 71.3 Å². The molecule has 0 aromatic heterocycles. The summed E-state index contributed by atoms with van der Waals surface area (Å²) >= 11 is 0. The zero-order valence-corrected chi connectivity index (χ0v) is 9.19. The van der Waals surface area contributed by atoms with Gasteiger partial charge in [0, 0.05) is 0 Å². The van der Waals surface area contributed by atoms with Gasteiger partial charge >= 0.3 is 0 Å². The predicted molar refractivity (Wildman–Crippen MR) is 69.1 cm³/mol. The predicted octanol–water partition coefficient (Wildman–Crippen LogP) is 4.17. The van der Waals surface area contributed by atoms with Crippen LogP contribution in [-0.2, 0) is 6.42 Å². The van der Waals surface area contributed by atoms with Gasteiger partial charge in [0.05, 0.1) is 0 Å². The maximum atomic E-state index is 2.31. The van der Waals surface area contributed by atoms with Crippen molar-refractivity contribution in [2.45, 2.75) is 12.8 Å². The van der Waals surface area contributed by atoms with Crippen LogP contribution in [0.2, 0.25) is 0 Å². The molecule has 0 saturated heterocycles. The van der Waals surface area contributed by atoms with E-state index >= 15 is 0 Å². The fraction of sp³-hybridized carbons (Fsp3) is 0.125. The standard InChI is InChI=1S/C16H14/c1-2-6-13(7-3-1)12-15-11-10-14-8-4-5-9-16(14)15/h1-9,12H,10-11H2/b15-12+. The summed E-state index contributed by atoms with van der Waals surface area (Å²) in [6.07, 6.45) is 4.68. The minimum absolute atomic E-state index is 1.17. The number of hydrogen-bond acceptors (Lipinski definition) is 0. The summed E-state index contributed by atoms with van der Waals surface area (Å²) in [5.41, 5.74) is 5.70. The number of fused-ring (bicyclic) bond motifs is 1. The lowest BCUT2D eigenvalue weighted by Crippen LogP contribution is -1.79. The molecule has 0 aliphatic heterocycles. The summed E-state index contributed by atoms with van der Waals surface area (Å²) in [7, 11) is 0. The Balaban J connectivity index is 2.02. The second kappa shape index (κ2) is 3.97. The summed E-state index contributed by atoms with van der Waals surface area (Å²) in [5, 5.41) is 0. The minimum Gasteiger partial charge on any atom is -0.0622 e. The molecule has 0 heteroatoms. The minimum atomic E-state index is 1.17. The molecule has 0 unspecified atom stereocenters. The molecule has 0 spiro atoms. The topological polar surface area (TPSA) is 0 Å². The molecule has 0 radical (unpaired) electrons. The summed E-state index contributed by atoms with van der Waals surface area (Å²) in [4.78, 5) is 0. The first-order valence-corrected chi connectivity index (χ1v) is 5.77. The Morgan fingerprint density at radius 1 is 0.750 bits per heavy atom. The maximum absolute atomic E-state index is 2.31. The van der Waals surface area contributed by atoms with Crippen molar-refractivity contribution in [3.63, 3.8) is 0 Å². The third-order valence-electron chi connectivity index (χ3n) is 3.17. The van der Waals surface area contributed by atoms with E-state index in [1.807, 2.05) is 0 Å². The van der Waals surface area contributed by atoms with E-state index in [1.165, 1.54) is 35.1 Å². The second-order valence-corrected chi connectivity index (χ2v) is 4.24. The molecule has 3 rings (SSSR count). The number of hydrogen-bond donors (Lipinski definition) is 0. The van der Waals surface area contributed by atoms with E-state index < -0.39 is 0 Å². The van der Waals surface area contributed by atoms with Gasteiger partial charge in [0.1, 0.15) is 0 Å². The van der Waals surface area contributed by atoms with Gasteiger partial charge in [0.2, 0.25) is 0 Å². The number of aryl methyl sites for hydroxylation is 1. The highest BCUT2D eigenvalue weighted by Gasteiger charge is 2.14. The van der Waals surface area contributed by atoms with Gasteiger partial charge in [-0.15, -0.1) is 0 Å². The van der Waals surface area contributed by atoms with Gasteiger partial charge in [-0.3, -0.25) is 0 Å². The zero-order chi connectivity index (χ0) is 10.8. The molecular weight excluding hydrogens is 192 g/mol. The molecule has 0 amide bonds. The van der Waals surface area contributed by atoms with Gasteiger partial charge < -0.3 is 0 Å². The SMILES string of the molecule is C(=C1/CCc2ccccc21)/c1ccccc1. The molecule has 0 atom stereocenters. The first kappa shape index (κ1) is 9.41. The Hall–Kier alpha value is -1.82. The monoisotopic (exact) mass is 206 g/mol. The third kappa shape index (κ3) is 1.67. The summed E-state index contributed by atoms with van der Waals surface area (Å²) in [5.74, 6) is 0. The van der Waals surface area contributed by atoms with Crippen LogP contribution >= 0.6 is 0 Å². The summed E-state index contributed by atoms with van der Waals surface area (Å²) in [6.45, 7) is 0. The molecule has 1 aliphatic rings. The molecule has 0 N–H and O–H groups in total. The molecule has 2 aromatic carbocycles. The Bertz CT molecular complexity index is 521. The smallest absolute Gasteiger partial charge is 0.0192 e. The number of rotatable bonds is 1. The van der Waals surface area contributed by atoms with E-state index in [0.717, 1.165) is 0 Å². The Morgan fingerprint density at radius 2 is 1.50 bits per heavy atom. The normalized spacial score (nSPS) is 16.4. The van der Waals surface area contributed by atoms with Gasteiger partial charge in [0.15, 0.2) is 0 Å². The fourth-order valence-corrected chi connectivity index (χ4v) is 2.36. The van der Waals surface area contributed by atoms with Crippen molar-refractivity contribution >= 4 is 11.6 Å². The Labute approximate surface area is 96.3 Å². The average molecular weight is 206 g/mol. The largest absolute Gasteiger partial charge is 0.0622 e. The van der Waals surface area contributed by atoms with Gasteiger partial charge in [-0.05, 0) is 35.1 Å². The molecule has 0 nitrogen and oxygen atoms in total. The Kier molecular flexibility index (Phi) is 2.34. The molecule has 2 aromatic rings. The van der Waals surface area contributed by atoms with Crippen LogP contribution in [0.15, 0.2) is 54.6 Å². The maximum Gasteiger partial charge on any atom is -0.0192 e. The van der Waals surface area contributed by atoms with Crippen LogP contribution in [0.4, 0.5) is 0 Å². The van der Waals surface area contributed by atoms with Crippen molar-refractivity contribution in [1.82, 2.24) is 0 Å². The lowest BCUT2D eigenvalue weighted by Gasteiger charge is -2.00. The molecule has 0 saturated carbocycles. The van der Waals surface area contributed by atoms with Crippen LogP contribution < -0.4 is 0 Å². The van der Waals surface area contributed by atoms with Crippen molar-refractivity contribution in [2.24, 2.45) is 0 Å². The first-order valence-electron chi connectivity index (χ1n) is 5.77. The van der Waals surface area contributed by atoms with E-state index in [9.17, 15) is 0 Å². The highest BCUT2D eigenvalue weighted by Crippen LogP contribution is 2.33. The van der Waals surface area contributed by atoms with Crippen LogP contribution in [0, 0.1) is 0 Å². The molecule has 1 aliphatic carbocycles. The van der Waals surface area contributed by atoms with E-state index in [0.29, 0.717) is 0 Å². The summed E-state index contributed by atoms with van der Waals surface area (Å²) < 4.78 is 0. The van der Waals surface area contributed by atoms with Gasteiger partial charge in [0.25, 0.3) is 0 Å². The third-order valence-corrected chi connectivity index (χ3v) is 3.17. The van der Waals surface area contributed by atoms with Crippen molar-refractivity contribution < 1.29 is 0 Å². The Morgan fingerprint density at radius 3 is 2.38 bits per heavy atom. The highest BCUT2D eigenvalue weighted by molar-refractivity contribution is 5.85. The summed E-state index contributed by atoms with van der Waals surface area (Å²) in [6, 6.07) is 19.3. The molecule has 0 bridgehead atoms. The highest BCUT2D eigenvalue weighted by atomic mass is 14.2. The van der Waals surface area contributed by atoms with E-state index in [-0.39, 0.29) is 0 Å². The zero-order valence-electron chi connectivity index (χ0n) is 9.19. The van der Waals surface area contributed by atoms with E-state index in [2.05, 4.69) is 60.7 Å². The van der Waals surface area contributed by atoms with Crippen molar-refractivity contribution in [1.29, 1.82) is 0 Å². The molecule has 78 valence electrons. The molecule has 0 heterocycles. The first-order chi connectivity index (χ1) is 7.93. The quantitative estimate of drug-likeness (QED) is 0.656. The lowest BCUT2D eigenvalue weighted by molar-refractivity contribution is 1.08. The van der Waals surface area contributed by atoms with Crippen LogP contribution in [-0.4, -0.2) is 0 Å². The van der Waals surface area contributed by atoms with Crippen molar-refractivity contribution in [3.8, 4) is 0 Å². The van der Waals surface area contributed by atoms with Crippen LogP contribution in [0.5, 0.6) is 0 Å². The lowest BCUT2D eigenvalue weighted by atomic mass is 10.0. The van der Waals surface area contributed by atoms with Crippen LogP contribution in [0.25, 0.3) is 11.6 Å². The second-order valence-electron chi connectivity index (χ2n) is 4.24. The molecule has 0 fully saturated rings.